The molecule has 4 rings (SSSR count). The van der Waals surface area contributed by atoms with Crippen molar-refractivity contribution in [2.75, 3.05) is 30.6 Å². The summed E-state index contributed by atoms with van der Waals surface area (Å²) in [7, 11) is -14.4. The van der Waals surface area contributed by atoms with Gasteiger partial charge in [0, 0.05) is 34.8 Å². The van der Waals surface area contributed by atoms with E-state index >= 15 is 0 Å². The third kappa shape index (κ3) is 21.8. The van der Waals surface area contributed by atoms with Gasteiger partial charge < -0.3 is 81.8 Å². The number of carbonyl (C=O) groups is 7. The van der Waals surface area contributed by atoms with Gasteiger partial charge in [-0.1, -0.05) is 39.8 Å². The Morgan fingerprint density at radius 2 is 1.62 bits per heavy atom. The third-order valence-electron chi connectivity index (χ3n) is 10.9. The Morgan fingerprint density at radius 1 is 0.961 bits per heavy atom. The number of aliphatic carboxylic acids is 3. The SMILES string of the molecule is CC(C)(CCC(NC(=O)CCCC[C@@H]1SC[C@@H]2NC(=O)N[C@@H]21)C(=O)NC(CC(=O)O)C(=O)NC(CC(=O)O)C(=O)O)SSCOCC#Cc1cn(C2CC(O)C(COP(=O)(O)OP(=O)(O)OP(=O)(O)O)O2)c(=O)nc1N. The molecule has 1 aromatic rings. The van der Waals surface area contributed by atoms with Crippen LogP contribution in [0.1, 0.15) is 83.4 Å². The van der Waals surface area contributed by atoms with Crippen molar-refractivity contribution in [3.63, 3.8) is 0 Å². The smallest absolute Gasteiger partial charge is 0.481 e. The molecule has 3 saturated heterocycles. The number of aliphatic hydroxyl groups excluding tert-OH is 1. The largest absolute Gasteiger partial charge is 0.490 e. The first-order chi connectivity index (χ1) is 35.3. The maximum atomic E-state index is 13.8. The quantitative estimate of drug-likeness (QED) is 0.0109. The predicted molar refractivity (Wildman–Crippen MR) is 265 cm³/mol. The molecule has 0 aromatic carbocycles. The molecule has 32 nitrogen and oxygen atoms in total. The van der Waals surface area contributed by atoms with E-state index in [0.717, 1.165) is 16.5 Å². The minimum atomic E-state index is -5.81. The Bertz CT molecular complexity index is 2580. The number of phosphoric acid groups is 3. The van der Waals surface area contributed by atoms with Gasteiger partial charge in [-0.25, -0.2) is 28.1 Å². The molecular weight excluding hydrogens is 1140 g/mol. The van der Waals surface area contributed by atoms with Crippen molar-refractivity contribution in [1.82, 2.24) is 36.1 Å². The summed E-state index contributed by atoms with van der Waals surface area (Å²) in [6, 6.07) is -5.39. The molecule has 3 aliphatic heterocycles. The molecule has 4 heterocycles. The maximum Gasteiger partial charge on any atom is 0.490 e. The summed E-state index contributed by atoms with van der Waals surface area (Å²) in [5, 5.41) is 51.2. The number of nitrogen functional groups attached to an aromatic ring is 1. The number of fused-ring (bicyclic) bond motifs is 1. The maximum absolute atomic E-state index is 13.8. The van der Waals surface area contributed by atoms with E-state index in [1.54, 1.807) is 11.8 Å². The highest BCUT2D eigenvalue weighted by Gasteiger charge is 2.44. The van der Waals surface area contributed by atoms with Crippen LogP contribution < -0.4 is 38.0 Å². The van der Waals surface area contributed by atoms with Crippen molar-refractivity contribution in [2.45, 2.75) is 130 Å². The van der Waals surface area contributed by atoms with Crippen LogP contribution in [0.4, 0.5) is 10.6 Å². The van der Waals surface area contributed by atoms with Crippen LogP contribution >= 0.6 is 56.8 Å². The van der Waals surface area contributed by atoms with Gasteiger partial charge >= 0.3 is 53.1 Å². The average Bonchev–Trinajstić information content (AvgIpc) is 3.97. The van der Waals surface area contributed by atoms with Crippen molar-refractivity contribution < 1.29 is 110 Å². The number of unbranched alkanes of at least 4 members (excludes halogenated alkanes) is 1. The first-order valence-electron chi connectivity index (χ1n) is 22.5. The second-order valence-electron chi connectivity index (χ2n) is 17.5. The molecule has 15 N–H and O–H groups in total. The van der Waals surface area contributed by atoms with Gasteiger partial charge in [0.05, 0.1) is 43.2 Å². The molecule has 5 amide bonds. The Kier molecular flexibility index (Phi) is 24.1. The molecule has 8 unspecified atom stereocenters. The first-order valence-corrected chi connectivity index (χ1v) is 30.3. The number of carboxylic acids is 3. The molecule has 0 bridgehead atoms. The Morgan fingerprint density at radius 3 is 2.28 bits per heavy atom. The number of thioether (sulfide) groups is 1. The molecule has 0 aliphatic carbocycles. The van der Waals surface area contributed by atoms with E-state index in [0.29, 0.717) is 19.3 Å². The zero-order valence-corrected chi connectivity index (χ0v) is 45.2. The van der Waals surface area contributed by atoms with Crippen molar-refractivity contribution >= 4 is 104 Å². The average molecular weight is 1200 g/mol. The molecule has 1 aromatic heterocycles. The van der Waals surface area contributed by atoms with E-state index in [9.17, 15) is 77.2 Å². The number of nitrogens with two attached hydrogens (primary N) is 1. The van der Waals surface area contributed by atoms with Crippen LogP contribution in [-0.4, -0.2) is 169 Å². The van der Waals surface area contributed by atoms with E-state index in [2.05, 4.69) is 51.2 Å². The molecule has 3 aliphatic rings. The van der Waals surface area contributed by atoms with E-state index in [-0.39, 0.29) is 73.0 Å². The number of carboxylic acid groups (broad SMARTS) is 3. The number of aromatic nitrogens is 2. The van der Waals surface area contributed by atoms with Crippen LogP contribution in [-0.2, 0) is 65.1 Å². The summed E-state index contributed by atoms with van der Waals surface area (Å²) < 4.78 is 57.8. The zero-order valence-electron chi connectivity index (χ0n) is 40.1. The lowest BCUT2D eigenvalue weighted by atomic mass is 10.0. The van der Waals surface area contributed by atoms with Crippen LogP contribution in [0.3, 0.4) is 0 Å². The standard InChI is InChI=1S/C38H57N8O24P3S3/c1-38(2,76-75-18-66-11-5-6-19-15-46(37(58)45-32(19)39)28-14-24(47)25(68-28)16-67-72(62,63)70-73(64,65)69-71(59,60)61)10-9-20(40-27(48)8-4-3-7-26-31-23(17-74-26)43-36(57)44-31)33(53)41-21(12-29(49)50)34(54)42-22(35(55)56)13-30(51)52/h15,20-26,28,31,47H,3-4,7-14,16-18H2,1-2H3,(H,40,48)(H,41,53)(H,42,54)(H,49,50)(H,51,52)(H,55,56)(H,62,63)(H,64,65)(H2,39,45,58)(H2,43,44,57)(H2,59,60,61)/t20?,21?,22?,23-,24?,25?,26-,28?,31-/m0/s1. The summed E-state index contributed by atoms with van der Waals surface area (Å²) in [5.74, 6) is -1.73. The minimum absolute atomic E-state index is 0.00708. The summed E-state index contributed by atoms with van der Waals surface area (Å²) in [5.41, 5.74) is 4.96. The van der Waals surface area contributed by atoms with Crippen molar-refractivity contribution in [3.05, 3.63) is 22.2 Å². The Hall–Kier alpha value is -4.33. The van der Waals surface area contributed by atoms with Crippen LogP contribution in [0, 0.1) is 11.8 Å². The van der Waals surface area contributed by atoms with Gasteiger partial charge in [-0.2, -0.15) is 25.4 Å². The highest BCUT2D eigenvalue weighted by molar-refractivity contribution is 8.77. The third-order valence-corrected chi connectivity index (χ3v) is 19.2. The van der Waals surface area contributed by atoms with Crippen molar-refractivity contribution in [1.29, 1.82) is 0 Å². The van der Waals surface area contributed by atoms with Crippen LogP contribution in [0.5, 0.6) is 0 Å². The molecule has 0 spiro atoms. The monoisotopic (exact) mass is 1200 g/mol. The number of aliphatic hydroxyl groups is 1. The fourth-order valence-electron chi connectivity index (χ4n) is 7.38. The molecule has 3 fully saturated rings. The lowest BCUT2D eigenvalue weighted by Gasteiger charge is -2.27. The number of carbonyl (C=O) groups excluding carboxylic acids is 4. The first kappa shape index (κ1) is 64.2. The van der Waals surface area contributed by atoms with Crippen LogP contribution in [0.2, 0.25) is 0 Å². The number of anilines is 1. The summed E-state index contributed by atoms with van der Waals surface area (Å²) in [6.07, 6.45) is -3.49. The van der Waals surface area contributed by atoms with Crippen molar-refractivity contribution in [2.24, 2.45) is 0 Å². The number of amides is 5. The normalized spacial score (nSPS) is 23.0. The summed E-state index contributed by atoms with van der Waals surface area (Å²) in [6.45, 7) is 2.47. The number of phosphoric ester groups is 1. The zero-order chi connectivity index (χ0) is 56.8. The number of hydrogen-bond acceptors (Lipinski definition) is 22. The lowest BCUT2D eigenvalue weighted by Crippen LogP contribution is -2.56. The summed E-state index contributed by atoms with van der Waals surface area (Å²) in [4.78, 5) is 139. The molecule has 0 radical (unpaired) electrons. The molecule has 38 heteroatoms. The summed E-state index contributed by atoms with van der Waals surface area (Å²) >= 11 is 1.71. The van der Waals surface area contributed by atoms with Gasteiger partial charge in [0.2, 0.25) is 17.7 Å². The highest BCUT2D eigenvalue weighted by atomic mass is 33.1. The fraction of sp³-hybridized carbons (Fsp3) is 0.658. The lowest BCUT2D eigenvalue weighted by molar-refractivity contribution is -0.148. The Balaban J connectivity index is 1.31. The Labute approximate surface area is 443 Å². The number of urea groups is 1. The molecule has 76 heavy (non-hydrogen) atoms. The van der Waals surface area contributed by atoms with Crippen molar-refractivity contribution in [3.8, 4) is 11.8 Å². The number of ether oxygens (including phenoxy) is 2. The fourth-order valence-corrected chi connectivity index (χ4v) is 14.2. The van der Waals surface area contributed by atoms with Gasteiger partial charge in [-0.3, -0.25) is 33.1 Å². The van der Waals surface area contributed by atoms with Gasteiger partial charge in [0.25, 0.3) is 0 Å². The van der Waals surface area contributed by atoms with Gasteiger partial charge in [-0.15, -0.1) is 0 Å². The molecule has 11 atom stereocenters. The van der Waals surface area contributed by atoms with Gasteiger partial charge in [-0.05, 0) is 39.5 Å². The van der Waals surface area contributed by atoms with E-state index < -0.39 is 126 Å². The molecule has 0 saturated carbocycles. The second-order valence-corrected chi connectivity index (χ2v) is 26.1. The number of rotatable bonds is 31. The number of hydrogen-bond donors (Lipinski definition) is 14. The van der Waals surface area contributed by atoms with E-state index in [1.165, 1.54) is 21.6 Å². The van der Waals surface area contributed by atoms with E-state index in [4.69, 9.17) is 30.1 Å². The second kappa shape index (κ2) is 28.5. The molecular formula is C38H57N8O24P3S3. The van der Waals surface area contributed by atoms with Crippen LogP contribution in [0.15, 0.2) is 11.0 Å². The number of nitrogens with one attached hydrogen (secondary N) is 5. The van der Waals surface area contributed by atoms with E-state index in [1.807, 2.05) is 19.2 Å². The number of nitrogens with zero attached hydrogens (tertiary/aromatic N) is 2. The van der Waals surface area contributed by atoms with Gasteiger partial charge in [0.1, 0.15) is 48.8 Å². The topological polar surface area (TPSA) is 500 Å². The highest BCUT2D eigenvalue weighted by Crippen LogP contribution is 2.66. The predicted octanol–water partition coefficient (Wildman–Crippen LogP) is -0.703. The minimum Gasteiger partial charge on any atom is -0.481 e. The van der Waals surface area contributed by atoms with Gasteiger partial charge in [0.15, 0.2) is 0 Å². The van der Waals surface area contributed by atoms with Crippen LogP contribution in [0.25, 0.3) is 0 Å². The molecule has 426 valence electrons.